The van der Waals surface area contributed by atoms with Crippen molar-refractivity contribution in [2.45, 2.75) is 53.2 Å². The summed E-state index contributed by atoms with van der Waals surface area (Å²) in [7, 11) is 1.87. The third kappa shape index (κ3) is 4.72. The van der Waals surface area contributed by atoms with Gasteiger partial charge >= 0.3 is 0 Å². The standard InChI is InChI=1S/C18H34N6/c1-6-22(7-2)16-8-10-24(14-16)18(19-5)21-12-17-20-9-11-23(17)13-15(3)4/h9,11,15-16H,6-8,10,12-14H2,1-5H3,(H,19,21). The average molecular weight is 335 g/mol. The number of rotatable bonds is 7. The highest BCUT2D eigenvalue weighted by molar-refractivity contribution is 5.80. The lowest BCUT2D eigenvalue weighted by Gasteiger charge is -2.27. The first-order valence-corrected chi connectivity index (χ1v) is 9.28. The molecule has 0 aliphatic carbocycles. The summed E-state index contributed by atoms with van der Waals surface area (Å²) < 4.78 is 2.23. The number of hydrogen-bond donors (Lipinski definition) is 1. The summed E-state index contributed by atoms with van der Waals surface area (Å²) in [4.78, 5) is 13.9. The molecule has 2 heterocycles. The summed E-state index contributed by atoms with van der Waals surface area (Å²) in [6, 6.07) is 0.640. The number of imidazole rings is 1. The van der Waals surface area contributed by atoms with E-state index in [0.29, 0.717) is 12.0 Å². The lowest BCUT2D eigenvalue weighted by atomic mass is 10.2. The van der Waals surface area contributed by atoms with Gasteiger partial charge in [-0.1, -0.05) is 27.7 Å². The Balaban J connectivity index is 1.91. The Morgan fingerprint density at radius 1 is 1.42 bits per heavy atom. The molecule has 1 saturated heterocycles. The van der Waals surface area contributed by atoms with Gasteiger partial charge in [-0.25, -0.2) is 4.98 Å². The molecule has 0 aromatic carbocycles. The number of likely N-dealkylation sites (N-methyl/N-ethyl adjacent to an activating group) is 1. The second kappa shape index (κ2) is 9.06. The van der Waals surface area contributed by atoms with E-state index in [4.69, 9.17) is 0 Å². The van der Waals surface area contributed by atoms with Crippen molar-refractivity contribution < 1.29 is 0 Å². The Bertz CT molecular complexity index is 517. The Labute approximate surface area is 147 Å². The van der Waals surface area contributed by atoms with Gasteiger partial charge in [0.2, 0.25) is 0 Å². The summed E-state index contributed by atoms with van der Waals surface area (Å²) in [5.74, 6) is 2.68. The van der Waals surface area contributed by atoms with Crippen LogP contribution in [0, 0.1) is 5.92 Å². The van der Waals surface area contributed by atoms with Crippen LogP contribution in [0.15, 0.2) is 17.4 Å². The first-order chi connectivity index (χ1) is 11.6. The molecule has 1 unspecified atom stereocenters. The minimum absolute atomic E-state index is 0.616. The molecule has 136 valence electrons. The smallest absolute Gasteiger partial charge is 0.194 e. The van der Waals surface area contributed by atoms with Crippen LogP contribution in [0.4, 0.5) is 0 Å². The largest absolute Gasteiger partial charge is 0.349 e. The Kier molecular flexibility index (Phi) is 7.09. The van der Waals surface area contributed by atoms with Gasteiger partial charge in [0.1, 0.15) is 5.82 Å². The fourth-order valence-corrected chi connectivity index (χ4v) is 3.53. The lowest BCUT2D eigenvalue weighted by Crippen LogP contribution is -2.43. The van der Waals surface area contributed by atoms with Crippen molar-refractivity contribution in [2.75, 3.05) is 33.2 Å². The molecular formula is C18H34N6. The van der Waals surface area contributed by atoms with Crippen LogP contribution in [0.25, 0.3) is 0 Å². The van der Waals surface area contributed by atoms with E-state index in [1.807, 2.05) is 13.2 Å². The summed E-state index contributed by atoms with van der Waals surface area (Å²) in [5, 5.41) is 3.50. The van der Waals surface area contributed by atoms with Crippen LogP contribution in [-0.2, 0) is 13.1 Å². The van der Waals surface area contributed by atoms with E-state index >= 15 is 0 Å². The maximum atomic E-state index is 4.49. The third-order valence-electron chi connectivity index (χ3n) is 4.77. The summed E-state index contributed by atoms with van der Waals surface area (Å²) in [5.41, 5.74) is 0. The van der Waals surface area contributed by atoms with E-state index in [1.54, 1.807) is 0 Å². The molecule has 0 amide bonds. The van der Waals surface area contributed by atoms with Gasteiger partial charge in [0, 0.05) is 45.1 Å². The molecule has 1 fully saturated rings. The molecule has 0 saturated carbocycles. The Morgan fingerprint density at radius 2 is 2.17 bits per heavy atom. The quantitative estimate of drug-likeness (QED) is 0.612. The molecule has 1 N–H and O–H groups in total. The van der Waals surface area contributed by atoms with Crippen LogP contribution in [0.5, 0.6) is 0 Å². The molecule has 1 aliphatic rings. The van der Waals surface area contributed by atoms with E-state index in [9.17, 15) is 0 Å². The normalized spacial score (nSPS) is 18.9. The van der Waals surface area contributed by atoms with E-state index in [2.05, 4.69) is 63.6 Å². The third-order valence-corrected chi connectivity index (χ3v) is 4.77. The van der Waals surface area contributed by atoms with Gasteiger partial charge in [-0.3, -0.25) is 9.89 Å². The van der Waals surface area contributed by atoms with Crippen molar-refractivity contribution >= 4 is 5.96 Å². The number of aromatic nitrogens is 2. The number of nitrogens with zero attached hydrogens (tertiary/aromatic N) is 5. The van der Waals surface area contributed by atoms with Gasteiger partial charge in [-0.05, 0) is 25.4 Å². The molecule has 2 rings (SSSR count). The second-order valence-corrected chi connectivity index (χ2v) is 6.90. The number of nitrogens with one attached hydrogen (secondary N) is 1. The van der Waals surface area contributed by atoms with Crippen LogP contribution in [-0.4, -0.2) is 64.6 Å². The van der Waals surface area contributed by atoms with Crippen molar-refractivity contribution in [1.29, 1.82) is 0 Å². The highest BCUT2D eigenvalue weighted by Crippen LogP contribution is 2.15. The average Bonchev–Trinajstić information content (AvgIpc) is 3.19. The minimum Gasteiger partial charge on any atom is -0.349 e. The molecule has 0 radical (unpaired) electrons. The predicted octanol–water partition coefficient (Wildman–Crippen LogP) is 2.03. The van der Waals surface area contributed by atoms with Gasteiger partial charge in [0.15, 0.2) is 5.96 Å². The number of likely N-dealkylation sites (tertiary alicyclic amines) is 1. The Morgan fingerprint density at radius 3 is 2.79 bits per heavy atom. The van der Waals surface area contributed by atoms with Gasteiger partial charge in [-0.15, -0.1) is 0 Å². The lowest BCUT2D eigenvalue weighted by molar-refractivity contribution is 0.223. The molecule has 1 aromatic heterocycles. The van der Waals surface area contributed by atoms with Crippen molar-refractivity contribution in [1.82, 2.24) is 24.7 Å². The van der Waals surface area contributed by atoms with Gasteiger partial charge in [0.25, 0.3) is 0 Å². The predicted molar refractivity (Wildman–Crippen MR) is 100 cm³/mol. The number of aliphatic imine (C=N–C) groups is 1. The number of guanidine groups is 1. The summed E-state index contributed by atoms with van der Waals surface area (Å²) in [6.07, 6.45) is 5.16. The van der Waals surface area contributed by atoms with Crippen LogP contribution >= 0.6 is 0 Å². The summed E-state index contributed by atoms with van der Waals surface area (Å²) in [6.45, 7) is 15.0. The van der Waals surface area contributed by atoms with Crippen molar-refractivity contribution in [3.63, 3.8) is 0 Å². The van der Waals surface area contributed by atoms with E-state index in [0.717, 1.165) is 51.1 Å². The molecule has 1 aromatic rings. The fraction of sp³-hybridized carbons (Fsp3) is 0.778. The SMILES string of the molecule is CCN(CC)C1CCN(C(=NC)NCc2nccn2CC(C)C)C1. The zero-order valence-electron chi connectivity index (χ0n) is 16.0. The van der Waals surface area contributed by atoms with E-state index in [-0.39, 0.29) is 0 Å². The highest BCUT2D eigenvalue weighted by Gasteiger charge is 2.28. The van der Waals surface area contributed by atoms with Crippen LogP contribution in [0.3, 0.4) is 0 Å². The maximum absolute atomic E-state index is 4.49. The molecule has 0 bridgehead atoms. The van der Waals surface area contributed by atoms with Crippen molar-refractivity contribution in [3.8, 4) is 0 Å². The van der Waals surface area contributed by atoms with Crippen LogP contribution < -0.4 is 5.32 Å². The van der Waals surface area contributed by atoms with Crippen molar-refractivity contribution in [3.05, 3.63) is 18.2 Å². The molecule has 1 aliphatic heterocycles. The maximum Gasteiger partial charge on any atom is 0.194 e. The highest BCUT2D eigenvalue weighted by atomic mass is 15.3. The van der Waals surface area contributed by atoms with Gasteiger partial charge in [-0.2, -0.15) is 0 Å². The van der Waals surface area contributed by atoms with Crippen LogP contribution in [0.1, 0.15) is 39.9 Å². The zero-order chi connectivity index (χ0) is 17.5. The molecule has 24 heavy (non-hydrogen) atoms. The van der Waals surface area contributed by atoms with E-state index < -0.39 is 0 Å². The molecule has 6 heteroatoms. The van der Waals surface area contributed by atoms with Crippen LogP contribution in [0.2, 0.25) is 0 Å². The molecule has 0 spiro atoms. The fourth-order valence-electron chi connectivity index (χ4n) is 3.53. The summed E-state index contributed by atoms with van der Waals surface area (Å²) >= 11 is 0. The van der Waals surface area contributed by atoms with Gasteiger partial charge in [0.05, 0.1) is 6.54 Å². The van der Waals surface area contributed by atoms with Gasteiger partial charge < -0.3 is 14.8 Å². The zero-order valence-corrected chi connectivity index (χ0v) is 16.0. The molecular weight excluding hydrogens is 300 g/mol. The minimum atomic E-state index is 0.616. The van der Waals surface area contributed by atoms with E-state index in [1.165, 1.54) is 6.42 Å². The first kappa shape index (κ1) is 18.8. The first-order valence-electron chi connectivity index (χ1n) is 9.28. The number of hydrogen-bond acceptors (Lipinski definition) is 3. The Hall–Kier alpha value is -1.56. The second-order valence-electron chi connectivity index (χ2n) is 6.90. The monoisotopic (exact) mass is 334 g/mol. The molecule has 1 atom stereocenters. The molecule has 6 nitrogen and oxygen atoms in total. The van der Waals surface area contributed by atoms with Crippen molar-refractivity contribution in [2.24, 2.45) is 10.9 Å². The topological polar surface area (TPSA) is 48.7 Å².